The van der Waals surface area contributed by atoms with Crippen molar-refractivity contribution >= 4 is 60.2 Å². The molecule has 1 aliphatic rings. The molecular weight excluding hydrogens is 474 g/mol. The van der Waals surface area contributed by atoms with Crippen LogP contribution in [-0.2, 0) is 19.6 Å². The molecule has 1 aromatic heterocycles. The number of ether oxygens (including phenoxy) is 1. The van der Waals surface area contributed by atoms with Crippen LogP contribution in [0.25, 0.3) is 10.2 Å². The molecule has 0 spiro atoms. The standard InChI is InChI=1S/C21H20ClN3O5S2/c1-2-30-20(27)13-5-10-16-18(12-13)31-21(23-16)24-19(26)17-4-3-11-25(17)32(28,29)15-8-6-14(22)7-9-15/h5-10,12,17H,2-4,11H2,1H3,(H,23,24,26). The molecule has 0 radical (unpaired) electrons. The number of thiazole rings is 1. The zero-order valence-corrected chi connectivity index (χ0v) is 19.5. The summed E-state index contributed by atoms with van der Waals surface area (Å²) in [6, 6.07) is 9.99. The molecule has 32 heavy (non-hydrogen) atoms. The average molecular weight is 494 g/mol. The lowest BCUT2D eigenvalue weighted by atomic mass is 10.2. The van der Waals surface area contributed by atoms with Crippen molar-refractivity contribution in [3.8, 4) is 0 Å². The van der Waals surface area contributed by atoms with E-state index in [1.165, 1.54) is 39.9 Å². The lowest BCUT2D eigenvalue weighted by Gasteiger charge is -2.23. The molecule has 0 aliphatic carbocycles. The fraction of sp³-hybridized carbons (Fsp3) is 0.286. The summed E-state index contributed by atoms with van der Waals surface area (Å²) < 4.78 is 33.0. The molecule has 2 heterocycles. The minimum atomic E-state index is -3.84. The number of aromatic nitrogens is 1. The van der Waals surface area contributed by atoms with E-state index in [-0.39, 0.29) is 18.0 Å². The maximum atomic E-state index is 13.1. The molecule has 2 aromatic carbocycles. The van der Waals surface area contributed by atoms with Crippen molar-refractivity contribution in [2.75, 3.05) is 18.5 Å². The number of amides is 1. The normalized spacial score (nSPS) is 16.9. The number of rotatable bonds is 6. The first-order chi connectivity index (χ1) is 15.3. The SMILES string of the molecule is CCOC(=O)c1ccc2nc(NC(=O)C3CCCN3S(=O)(=O)c3ccc(Cl)cc3)sc2c1. The fourth-order valence-corrected chi connectivity index (χ4v) is 6.23. The first-order valence-electron chi connectivity index (χ1n) is 9.95. The van der Waals surface area contributed by atoms with E-state index in [0.717, 1.165) is 0 Å². The van der Waals surface area contributed by atoms with Crippen molar-refractivity contribution in [3.05, 3.63) is 53.1 Å². The maximum Gasteiger partial charge on any atom is 0.338 e. The van der Waals surface area contributed by atoms with Crippen LogP contribution in [0.3, 0.4) is 0 Å². The number of carbonyl (C=O) groups excluding carboxylic acids is 2. The van der Waals surface area contributed by atoms with Crippen LogP contribution in [0.2, 0.25) is 5.02 Å². The van der Waals surface area contributed by atoms with Crippen LogP contribution in [0.5, 0.6) is 0 Å². The summed E-state index contributed by atoms with van der Waals surface area (Å²) >= 11 is 7.07. The van der Waals surface area contributed by atoms with Crippen molar-refractivity contribution < 1.29 is 22.7 Å². The van der Waals surface area contributed by atoms with E-state index in [2.05, 4.69) is 10.3 Å². The van der Waals surface area contributed by atoms with E-state index < -0.39 is 27.9 Å². The van der Waals surface area contributed by atoms with Gasteiger partial charge in [0.25, 0.3) is 0 Å². The van der Waals surface area contributed by atoms with E-state index in [9.17, 15) is 18.0 Å². The minimum Gasteiger partial charge on any atom is -0.462 e. The van der Waals surface area contributed by atoms with Gasteiger partial charge in [0.1, 0.15) is 6.04 Å². The fourth-order valence-electron chi connectivity index (χ4n) is 3.54. The number of nitrogens with zero attached hydrogens (tertiary/aromatic N) is 2. The number of anilines is 1. The van der Waals surface area contributed by atoms with Gasteiger partial charge in [-0.3, -0.25) is 4.79 Å². The molecule has 1 aliphatic heterocycles. The molecule has 168 valence electrons. The molecule has 0 saturated carbocycles. The molecule has 1 saturated heterocycles. The Morgan fingerprint density at radius 3 is 2.72 bits per heavy atom. The number of hydrogen-bond donors (Lipinski definition) is 1. The number of nitrogens with one attached hydrogen (secondary N) is 1. The monoisotopic (exact) mass is 493 g/mol. The Morgan fingerprint density at radius 1 is 1.25 bits per heavy atom. The Kier molecular flexibility index (Phi) is 6.47. The van der Waals surface area contributed by atoms with E-state index in [4.69, 9.17) is 16.3 Å². The highest BCUT2D eigenvalue weighted by molar-refractivity contribution is 7.89. The maximum absolute atomic E-state index is 13.1. The second-order valence-electron chi connectivity index (χ2n) is 7.14. The highest BCUT2D eigenvalue weighted by atomic mass is 35.5. The summed E-state index contributed by atoms with van der Waals surface area (Å²) in [7, 11) is -3.84. The van der Waals surface area contributed by atoms with Crippen molar-refractivity contribution in [3.63, 3.8) is 0 Å². The minimum absolute atomic E-state index is 0.0908. The Hall–Kier alpha value is -2.53. The van der Waals surface area contributed by atoms with Gasteiger partial charge in [-0.25, -0.2) is 18.2 Å². The van der Waals surface area contributed by atoms with Gasteiger partial charge in [0.05, 0.1) is 27.3 Å². The first kappa shape index (κ1) is 22.7. The number of hydrogen-bond acceptors (Lipinski definition) is 7. The molecular formula is C21H20ClN3O5S2. The Morgan fingerprint density at radius 2 is 2.00 bits per heavy atom. The largest absolute Gasteiger partial charge is 0.462 e. The summed E-state index contributed by atoms with van der Waals surface area (Å²) in [5.74, 6) is -0.868. The quantitative estimate of drug-likeness (QED) is 0.522. The van der Waals surface area contributed by atoms with Gasteiger partial charge in [0.2, 0.25) is 15.9 Å². The average Bonchev–Trinajstić information content (AvgIpc) is 3.41. The molecule has 0 bridgehead atoms. The van der Waals surface area contributed by atoms with E-state index in [0.29, 0.717) is 38.8 Å². The highest BCUT2D eigenvalue weighted by Crippen LogP contribution is 2.30. The van der Waals surface area contributed by atoms with Gasteiger partial charge in [-0.1, -0.05) is 22.9 Å². The van der Waals surface area contributed by atoms with E-state index in [1.807, 2.05) is 0 Å². The summed E-state index contributed by atoms with van der Waals surface area (Å²) in [6.07, 6.45) is 0.990. The van der Waals surface area contributed by atoms with Crippen molar-refractivity contribution in [2.24, 2.45) is 0 Å². The summed E-state index contributed by atoms with van der Waals surface area (Å²) in [6.45, 7) is 2.26. The lowest BCUT2D eigenvalue weighted by Crippen LogP contribution is -2.43. The Labute approximate surface area is 194 Å². The second-order valence-corrected chi connectivity index (χ2v) is 10.5. The first-order valence-corrected chi connectivity index (χ1v) is 12.6. The Bertz CT molecular complexity index is 1270. The highest BCUT2D eigenvalue weighted by Gasteiger charge is 2.39. The topological polar surface area (TPSA) is 106 Å². The number of fused-ring (bicyclic) bond motifs is 1. The molecule has 1 N–H and O–H groups in total. The predicted octanol–water partition coefficient (Wildman–Crippen LogP) is 3.92. The van der Waals surface area contributed by atoms with Crippen LogP contribution >= 0.6 is 22.9 Å². The van der Waals surface area contributed by atoms with Gasteiger partial charge in [0, 0.05) is 11.6 Å². The third-order valence-corrected chi connectivity index (χ3v) is 8.16. The van der Waals surface area contributed by atoms with Gasteiger partial charge in [-0.05, 0) is 62.2 Å². The van der Waals surface area contributed by atoms with Gasteiger partial charge >= 0.3 is 5.97 Å². The van der Waals surface area contributed by atoms with Crippen LogP contribution < -0.4 is 5.32 Å². The van der Waals surface area contributed by atoms with Crippen LogP contribution in [0.15, 0.2) is 47.4 Å². The number of benzene rings is 2. The number of halogens is 1. The van der Waals surface area contributed by atoms with Crippen LogP contribution in [0, 0.1) is 0 Å². The summed E-state index contributed by atoms with van der Waals surface area (Å²) in [4.78, 5) is 29.4. The van der Waals surface area contributed by atoms with Crippen molar-refractivity contribution in [1.82, 2.24) is 9.29 Å². The Balaban J connectivity index is 1.53. The third kappa shape index (κ3) is 4.49. The lowest BCUT2D eigenvalue weighted by molar-refractivity contribution is -0.119. The van der Waals surface area contributed by atoms with Crippen LogP contribution in [-0.4, -0.2) is 48.8 Å². The van der Waals surface area contributed by atoms with Crippen molar-refractivity contribution in [2.45, 2.75) is 30.7 Å². The molecule has 1 fully saturated rings. The smallest absolute Gasteiger partial charge is 0.338 e. The number of esters is 1. The molecule has 1 atom stereocenters. The molecule has 8 nitrogen and oxygen atoms in total. The van der Waals surface area contributed by atoms with E-state index in [1.54, 1.807) is 25.1 Å². The molecule has 11 heteroatoms. The molecule has 1 unspecified atom stereocenters. The third-order valence-electron chi connectivity index (χ3n) is 5.06. The zero-order valence-electron chi connectivity index (χ0n) is 17.1. The van der Waals surface area contributed by atoms with Crippen LogP contribution in [0.1, 0.15) is 30.1 Å². The van der Waals surface area contributed by atoms with Gasteiger partial charge in [-0.15, -0.1) is 0 Å². The number of sulfonamides is 1. The van der Waals surface area contributed by atoms with Gasteiger partial charge < -0.3 is 10.1 Å². The van der Waals surface area contributed by atoms with Gasteiger partial charge in [-0.2, -0.15) is 4.31 Å². The number of carbonyl (C=O) groups is 2. The zero-order chi connectivity index (χ0) is 22.9. The van der Waals surface area contributed by atoms with Crippen LogP contribution in [0.4, 0.5) is 5.13 Å². The molecule has 1 amide bonds. The predicted molar refractivity (Wildman–Crippen MR) is 123 cm³/mol. The van der Waals surface area contributed by atoms with Gasteiger partial charge in [0.15, 0.2) is 5.13 Å². The van der Waals surface area contributed by atoms with Crippen molar-refractivity contribution in [1.29, 1.82) is 0 Å². The summed E-state index contributed by atoms with van der Waals surface area (Å²) in [5.41, 5.74) is 1.02. The van der Waals surface area contributed by atoms with E-state index >= 15 is 0 Å². The molecule has 4 rings (SSSR count). The second kappa shape index (κ2) is 9.14. The summed E-state index contributed by atoms with van der Waals surface area (Å²) in [5, 5.41) is 3.50. The molecule has 3 aromatic rings.